The Morgan fingerprint density at radius 2 is 1.84 bits per heavy atom. The number of benzene rings is 2. The summed E-state index contributed by atoms with van der Waals surface area (Å²) in [6.45, 7) is 6.72. The van der Waals surface area contributed by atoms with Crippen LogP contribution in [-0.4, -0.2) is 59.0 Å². The molecule has 0 aliphatic carbocycles. The largest absolute Gasteiger partial charge is 0.494 e. The van der Waals surface area contributed by atoms with Crippen molar-refractivity contribution in [1.29, 1.82) is 0 Å². The predicted molar refractivity (Wildman–Crippen MR) is 120 cm³/mol. The van der Waals surface area contributed by atoms with Crippen LogP contribution < -0.4 is 15.0 Å². The van der Waals surface area contributed by atoms with Gasteiger partial charge in [-0.15, -0.1) is 0 Å². The van der Waals surface area contributed by atoms with Crippen LogP contribution in [0.1, 0.15) is 24.4 Å². The van der Waals surface area contributed by atoms with Gasteiger partial charge in [0.25, 0.3) is 0 Å². The molecule has 1 fully saturated rings. The van der Waals surface area contributed by atoms with Gasteiger partial charge in [-0.2, -0.15) is 5.10 Å². The van der Waals surface area contributed by atoms with Gasteiger partial charge in [-0.25, -0.2) is 14.5 Å². The zero-order valence-electron chi connectivity index (χ0n) is 18.2. The molecule has 2 aromatic carbocycles. The van der Waals surface area contributed by atoms with Crippen molar-refractivity contribution in [1.82, 2.24) is 25.0 Å². The standard InChI is InChI=1S/C23H28N6O2/c1-17(19-7-5-4-6-8-19)25-23(30)28-13-11-27(12-14-28)20-9-10-21(22(15-20)31-3)29-16-24-18(2)26-29/h4-10,15-17H,11-14H2,1-3H3,(H,25,30). The fourth-order valence-corrected chi connectivity index (χ4v) is 3.78. The highest BCUT2D eigenvalue weighted by atomic mass is 16.5. The van der Waals surface area contributed by atoms with Crippen LogP contribution in [-0.2, 0) is 0 Å². The quantitative estimate of drug-likeness (QED) is 0.686. The van der Waals surface area contributed by atoms with Crippen molar-refractivity contribution in [2.24, 2.45) is 0 Å². The van der Waals surface area contributed by atoms with Gasteiger partial charge in [0.2, 0.25) is 0 Å². The molecular formula is C23H28N6O2. The Morgan fingerprint density at radius 1 is 1.10 bits per heavy atom. The molecule has 0 saturated carbocycles. The van der Waals surface area contributed by atoms with E-state index in [9.17, 15) is 4.79 Å². The van der Waals surface area contributed by atoms with Crippen LogP contribution in [0, 0.1) is 6.92 Å². The summed E-state index contributed by atoms with van der Waals surface area (Å²) in [5.41, 5.74) is 3.01. The fourth-order valence-electron chi connectivity index (χ4n) is 3.78. The molecular weight excluding hydrogens is 392 g/mol. The number of ether oxygens (including phenoxy) is 1. The maximum Gasteiger partial charge on any atom is 0.317 e. The van der Waals surface area contributed by atoms with Gasteiger partial charge >= 0.3 is 6.03 Å². The number of nitrogens with one attached hydrogen (secondary N) is 1. The number of amides is 2. The fraction of sp³-hybridized carbons (Fsp3) is 0.348. The van der Waals surface area contributed by atoms with Crippen LogP contribution in [0.15, 0.2) is 54.9 Å². The molecule has 1 atom stereocenters. The molecule has 0 bridgehead atoms. The second-order valence-corrected chi connectivity index (χ2v) is 7.65. The Labute approximate surface area is 182 Å². The summed E-state index contributed by atoms with van der Waals surface area (Å²) in [6, 6.07) is 16.0. The Bertz CT molecular complexity index is 1030. The first-order valence-corrected chi connectivity index (χ1v) is 10.5. The van der Waals surface area contributed by atoms with E-state index < -0.39 is 0 Å². The number of carbonyl (C=O) groups is 1. The Kier molecular flexibility index (Phi) is 6.06. The van der Waals surface area contributed by atoms with Gasteiger partial charge < -0.3 is 19.9 Å². The number of urea groups is 1. The summed E-state index contributed by atoms with van der Waals surface area (Å²) in [6.07, 6.45) is 1.68. The van der Waals surface area contributed by atoms with E-state index in [2.05, 4.69) is 26.4 Å². The molecule has 8 nitrogen and oxygen atoms in total. The lowest BCUT2D eigenvalue weighted by Gasteiger charge is -2.36. The van der Waals surface area contributed by atoms with Crippen LogP contribution in [0.2, 0.25) is 0 Å². The third-order valence-corrected chi connectivity index (χ3v) is 5.59. The molecule has 1 unspecified atom stereocenters. The molecule has 0 radical (unpaired) electrons. The highest BCUT2D eigenvalue weighted by Crippen LogP contribution is 2.29. The lowest BCUT2D eigenvalue weighted by molar-refractivity contribution is 0.191. The number of aromatic nitrogens is 3. The molecule has 162 valence electrons. The summed E-state index contributed by atoms with van der Waals surface area (Å²) in [5.74, 6) is 1.45. The zero-order chi connectivity index (χ0) is 21.8. The average Bonchev–Trinajstić information content (AvgIpc) is 3.25. The summed E-state index contributed by atoms with van der Waals surface area (Å²) >= 11 is 0. The highest BCUT2D eigenvalue weighted by molar-refractivity contribution is 5.75. The molecule has 1 saturated heterocycles. The number of methoxy groups -OCH3 is 1. The zero-order valence-corrected chi connectivity index (χ0v) is 18.2. The summed E-state index contributed by atoms with van der Waals surface area (Å²) < 4.78 is 7.31. The van der Waals surface area contributed by atoms with Crippen molar-refractivity contribution in [3.63, 3.8) is 0 Å². The first kappa shape index (κ1) is 20.7. The molecule has 2 amide bonds. The van der Waals surface area contributed by atoms with Crippen molar-refractivity contribution in [2.45, 2.75) is 19.9 Å². The van der Waals surface area contributed by atoms with E-state index in [-0.39, 0.29) is 12.1 Å². The molecule has 0 spiro atoms. The summed E-state index contributed by atoms with van der Waals surface area (Å²) in [5, 5.41) is 7.47. The van der Waals surface area contributed by atoms with E-state index in [1.54, 1.807) is 18.1 Å². The molecule has 1 aliphatic rings. The molecule has 1 N–H and O–H groups in total. The number of aryl methyl sites for hydroxylation is 1. The predicted octanol–water partition coefficient (Wildman–Crippen LogP) is 3.18. The van der Waals surface area contributed by atoms with Crippen LogP contribution >= 0.6 is 0 Å². The first-order chi connectivity index (χ1) is 15.0. The van der Waals surface area contributed by atoms with Gasteiger partial charge in [0, 0.05) is 37.9 Å². The number of rotatable bonds is 5. The third kappa shape index (κ3) is 4.63. The van der Waals surface area contributed by atoms with Crippen molar-refractivity contribution in [2.75, 3.05) is 38.2 Å². The van der Waals surface area contributed by atoms with E-state index in [4.69, 9.17) is 4.74 Å². The lowest BCUT2D eigenvalue weighted by Crippen LogP contribution is -2.52. The number of piperazine rings is 1. The van der Waals surface area contributed by atoms with Crippen LogP contribution in [0.3, 0.4) is 0 Å². The normalized spacial score (nSPS) is 14.9. The smallest absolute Gasteiger partial charge is 0.317 e. The van der Waals surface area contributed by atoms with Crippen molar-refractivity contribution in [3.8, 4) is 11.4 Å². The van der Waals surface area contributed by atoms with E-state index in [0.717, 1.165) is 35.8 Å². The minimum Gasteiger partial charge on any atom is -0.494 e. The molecule has 1 aliphatic heterocycles. The van der Waals surface area contributed by atoms with Crippen LogP contribution in [0.25, 0.3) is 5.69 Å². The average molecular weight is 421 g/mol. The van der Waals surface area contributed by atoms with Gasteiger partial charge in [-0.1, -0.05) is 30.3 Å². The third-order valence-electron chi connectivity index (χ3n) is 5.59. The van der Waals surface area contributed by atoms with Gasteiger partial charge in [0.05, 0.1) is 13.2 Å². The first-order valence-electron chi connectivity index (χ1n) is 10.5. The number of anilines is 1. The SMILES string of the molecule is COc1cc(N2CCN(C(=O)NC(C)c3ccccc3)CC2)ccc1-n1cnc(C)n1. The second kappa shape index (κ2) is 9.07. The number of nitrogens with zero attached hydrogens (tertiary/aromatic N) is 5. The van der Waals surface area contributed by atoms with E-state index in [1.165, 1.54) is 0 Å². The summed E-state index contributed by atoms with van der Waals surface area (Å²) in [7, 11) is 1.66. The van der Waals surface area contributed by atoms with Crippen LogP contribution in [0.5, 0.6) is 5.75 Å². The molecule has 8 heteroatoms. The van der Waals surface area contributed by atoms with E-state index in [0.29, 0.717) is 18.9 Å². The van der Waals surface area contributed by atoms with Crippen molar-refractivity contribution in [3.05, 3.63) is 66.2 Å². The number of hydrogen-bond acceptors (Lipinski definition) is 5. The minimum absolute atomic E-state index is 0.0227. The monoisotopic (exact) mass is 420 g/mol. The Morgan fingerprint density at radius 3 is 2.48 bits per heavy atom. The topological polar surface area (TPSA) is 75.5 Å². The van der Waals surface area contributed by atoms with Gasteiger partial charge in [0.15, 0.2) is 0 Å². The lowest BCUT2D eigenvalue weighted by atomic mass is 10.1. The maximum atomic E-state index is 12.7. The molecule has 4 rings (SSSR count). The van der Waals surface area contributed by atoms with Crippen molar-refractivity contribution >= 4 is 11.7 Å². The molecule has 2 heterocycles. The van der Waals surface area contributed by atoms with Crippen molar-refractivity contribution < 1.29 is 9.53 Å². The summed E-state index contributed by atoms with van der Waals surface area (Å²) in [4.78, 5) is 21.0. The molecule has 1 aromatic heterocycles. The molecule has 31 heavy (non-hydrogen) atoms. The van der Waals surface area contributed by atoms with Gasteiger partial charge in [-0.3, -0.25) is 0 Å². The van der Waals surface area contributed by atoms with E-state index in [1.807, 2.05) is 61.2 Å². The van der Waals surface area contributed by atoms with Gasteiger partial charge in [-0.05, 0) is 31.5 Å². The number of hydrogen-bond donors (Lipinski definition) is 1. The van der Waals surface area contributed by atoms with Gasteiger partial charge in [0.1, 0.15) is 23.6 Å². The second-order valence-electron chi connectivity index (χ2n) is 7.65. The number of carbonyl (C=O) groups excluding carboxylic acids is 1. The Balaban J connectivity index is 1.37. The van der Waals surface area contributed by atoms with Crippen LogP contribution in [0.4, 0.5) is 10.5 Å². The van der Waals surface area contributed by atoms with E-state index >= 15 is 0 Å². The molecule has 3 aromatic rings. The highest BCUT2D eigenvalue weighted by Gasteiger charge is 2.23. The maximum absolute atomic E-state index is 12.7. The minimum atomic E-state index is -0.0241. The Hall–Kier alpha value is -3.55.